The molecule has 1 aromatic carbocycles. The first kappa shape index (κ1) is 10.5. The zero-order valence-corrected chi connectivity index (χ0v) is 10.3. The van der Waals surface area contributed by atoms with Gasteiger partial charge in [-0.1, -0.05) is 32.4 Å². The van der Waals surface area contributed by atoms with Gasteiger partial charge in [0.1, 0.15) is 5.82 Å². The van der Waals surface area contributed by atoms with Crippen molar-refractivity contribution in [2.75, 3.05) is 0 Å². The molecule has 0 aliphatic heterocycles. The number of nitrogens with zero attached hydrogens (tertiary/aromatic N) is 2. The molecule has 0 unspecified atom stereocenters. The molecule has 0 aliphatic rings. The minimum atomic E-state index is 0.0558. The number of aryl methyl sites for hydroxylation is 1. The maximum absolute atomic E-state index is 5.95. The number of aromatic nitrogens is 2. The summed E-state index contributed by atoms with van der Waals surface area (Å²) in [5, 5.41) is 0.737. The Balaban J connectivity index is 2.75. The lowest BCUT2D eigenvalue weighted by Gasteiger charge is -2.17. The van der Waals surface area contributed by atoms with E-state index in [9.17, 15) is 0 Å². The summed E-state index contributed by atoms with van der Waals surface area (Å²) in [7, 11) is 2.05. The van der Waals surface area contributed by atoms with E-state index in [1.54, 1.807) is 0 Å². The maximum atomic E-state index is 5.95. The molecule has 2 nitrogen and oxygen atoms in total. The predicted molar refractivity (Wildman–Crippen MR) is 64.4 cm³/mol. The average Bonchev–Trinajstić information content (AvgIpc) is 2.42. The van der Waals surface area contributed by atoms with E-state index < -0.39 is 0 Å². The van der Waals surface area contributed by atoms with Crippen LogP contribution in [0.5, 0.6) is 0 Å². The van der Waals surface area contributed by atoms with Crippen LogP contribution in [0, 0.1) is 0 Å². The minimum Gasteiger partial charge on any atom is -0.331 e. The summed E-state index contributed by atoms with van der Waals surface area (Å²) < 4.78 is 2.13. The summed E-state index contributed by atoms with van der Waals surface area (Å²) in [6.45, 7) is 6.49. The molecular weight excluding hydrogens is 208 g/mol. The Morgan fingerprint density at radius 3 is 2.53 bits per heavy atom. The van der Waals surface area contributed by atoms with Crippen molar-refractivity contribution in [3.63, 3.8) is 0 Å². The lowest BCUT2D eigenvalue weighted by atomic mass is 9.96. The Morgan fingerprint density at radius 1 is 1.27 bits per heavy atom. The van der Waals surface area contributed by atoms with Crippen LogP contribution in [0.1, 0.15) is 26.6 Å². The van der Waals surface area contributed by atoms with Gasteiger partial charge in [-0.25, -0.2) is 4.98 Å². The molecule has 0 saturated carbocycles. The third kappa shape index (κ3) is 1.74. The van der Waals surface area contributed by atoms with Gasteiger partial charge >= 0.3 is 0 Å². The van der Waals surface area contributed by atoms with Crippen molar-refractivity contribution in [2.45, 2.75) is 26.2 Å². The Kier molecular flexibility index (Phi) is 2.27. The highest BCUT2D eigenvalue weighted by Crippen LogP contribution is 2.26. The summed E-state index contributed by atoms with van der Waals surface area (Å²) in [4.78, 5) is 4.62. The van der Waals surface area contributed by atoms with Gasteiger partial charge in [-0.2, -0.15) is 0 Å². The van der Waals surface area contributed by atoms with Crippen molar-refractivity contribution in [3.05, 3.63) is 29.0 Å². The highest BCUT2D eigenvalue weighted by atomic mass is 35.5. The van der Waals surface area contributed by atoms with E-state index in [0.29, 0.717) is 0 Å². The molecule has 0 atom stereocenters. The van der Waals surface area contributed by atoms with E-state index in [2.05, 4.69) is 30.3 Å². The largest absolute Gasteiger partial charge is 0.331 e. The first-order valence-electron chi connectivity index (χ1n) is 5.02. The van der Waals surface area contributed by atoms with E-state index in [4.69, 9.17) is 11.6 Å². The van der Waals surface area contributed by atoms with E-state index in [0.717, 1.165) is 21.9 Å². The molecule has 1 aromatic heterocycles. The first-order valence-corrected chi connectivity index (χ1v) is 5.40. The summed E-state index contributed by atoms with van der Waals surface area (Å²) >= 11 is 5.95. The molecule has 0 bridgehead atoms. The SMILES string of the molecule is Cn1c(C(C)(C)C)nc2cc(Cl)ccc21. The predicted octanol–water partition coefficient (Wildman–Crippen LogP) is 3.52. The van der Waals surface area contributed by atoms with Gasteiger partial charge in [0.2, 0.25) is 0 Å². The fourth-order valence-corrected chi connectivity index (χ4v) is 2.01. The molecule has 2 rings (SSSR count). The highest BCUT2D eigenvalue weighted by Gasteiger charge is 2.20. The Labute approximate surface area is 94.9 Å². The number of rotatable bonds is 0. The van der Waals surface area contributed by atoms with Crippen LogP contribution < -0.4 is 0 Å². The van der Waals surface area contributed by atoms with Gasteiger partial charge in [-0.05, 0) is 18.2 Å². The summed E-state index contributed by atoms with van der Waals surface area (Å²) in [6, 6.07) is 5.82. The Hall–Kier alpha value is -1.02. The van der Waals surface area contributed by atoms with Crippen LogP contribution in [0.15, 0.2) is 18.2 Å². The van der Waals surface area contributed by atoms with Crippen LogP contribution in [0.4, 0.5) is 0 Å². The van der Waals surface area contributed by atoms with Crippen LogP contribution in [0.25, 0.3) is 11.0 Å². The maximum Gasteiger partial charge on any atom is 0.115 e. The van der Waals surface area contributed by atoms with E-state index in [-0.39, 0.29) is 5.41 Å². The van der Waals surface area contributed by atoms with E-state index >= 15 is 0 Å². The van der Waals surface area contributed by atoms with Crippen molar-refractivity contribution in [1.29, 1.82) is 0 Å². The second-order valence-corrected chi connectivity index (χ2v) is 5.31. The summed E-state index contributed by atoms with van der Waals surface area (Å²) in [6.07, 6.45) is 0. The standard InChI is InChI=1S/C12H15ClN2/c1-12(2,3)11-14-9-7-8(13)5-6-10(9)15(11)4/h5-7H,1-4H3. The molecule has 0 radical (unpaired) electrons. The number of benzene rings is 1. The number of halogens is 1. The smallest absolute Gasteiger partial charge is 0.115 e. The number of hydrogen-bond donors (Lipinski definition) is 0. The number of fused-ring (bicyclic) bond motifs is 1. The molecule has 0 fully saturated rings. The van der Waals surface area contributed by atoms with Crippen LogP contribution in [0.2, 0.25) is 5.02 Å². The zero-order chi connectivity index (χ0) is 11.2. The number of imidazole rings is 1. The van der Waals surface area contributed by atoms with Crippen molar-refractivity contribution < 1.29 is 0 Å². The van der Waals surface area contributed by atoms with Gasteiger partial charge in [0.05, 0.1) is 11.0 Å². The monoisotopic (exact) mass is 222 g/mol. The van der Waals surface area contributed by atoms with Gasteiger partial charge in [0, 0.05) is 17.5 Å². The second-order valence-electron chi connectivity index (χ2n) is 4.88. The highest BCUT2D eigenvalue weighted by molar-refractivity contribution is 6.31. The molecule has 0 N–H and O–H groups in total. The molecule has 0 amide bonds. The number of hydrogen-bond acceptors (Lipinski definition) is 1. The van der Waals surface area contributed by atoms with Gasteiger partial charge in [0.25, 0.3) is 0 Å². The van der Waals surface area contributed by atoms with Gasteiger partial charge < -0.3 is 4.57 Å². The normalized spacial score (nSPS) is 12.3. The lowest BCUT2D eigenvalue weighted by Crippen LogP contribution is -2.17. The quantitative estimate of drug-likeness (QED) is 0.667. The van der Waals surface area contributed by atoms with Crippen molar-refractivity contribution in [2.24, 2.45) is 7.05 Å². The van der Waals surface area contributed by atoms with Crippen molar-refractivity contribution in [3.8, 4) is 0 Å². The average molecular weight is 223 g/mol. The van der Waals surface area contributed by atoms with Crippen molar-refractivity contribution >= 4 is 22.6 Å². The third-order valence-electron chi connectivity index (χ3n) is 2.51. The molecule has 0 saturated heterocycles. The van der Waals surface area contributed by atoms with Gasteiger partial charge in [-0.3, -0.25) is 0 Å². The Bertz CT molecular complexity index is 506. The lowest BCUT2D eigenvalue weighted by molar-refractivity contribution is 0.526. The molecule has 3 heteroatoms. The van der Waals surface area contributed by atoms with Crippen molar-refractivity contribution in [1.82, 2.24) is 9.55 Å². The van der Waals surface area contributed by atoms with Crippen LogP contribution in [-0.4, -0.2) is 9.55 Å². The van der Waals surface area contributed by atoms with Gasteiger partial charge in [0.15, 0.2) is 0 Å². The minimum absolute atomic E-state index is 0.0558. The molecule has 1 heterocycles. The molecule has 80 valence electrons. The third-order valence-corrected chi connectivity index (χ3v) is 2.75. The Morgan fingerprint density at radius 2 is 1.93 bits per heavy atom. The molecule has 2 aromatic rings. The second kappa shape index (κ2) is 3.24. The van der Waals surface area contributed by atoms with Crippen LogP contribution in [0.3, 0.4) is 0 Å². The fraction of sp³-hybridized carbons (Fsp3) is 0.417. The summed E-state index contributed by atoms with van der Waals surface area (Å²) in [5.41, 5.74) is 2.15. The molecule has 15 heavy (non-hydrogen) atoms. The fourth-order valence-electron chi connectivity index (χ4n) is 1.84. The van der Waals surface area contributed by atoms with Gasteiger partial charge in [-0.15, -0.1) is 0 Å². The van der Waals surface area contributed by atoms with E-state index in [1.807, 2.05) is 25.2 Å². The van der Waals surface area contributed by atoms with Crippen LogP contribution >= 0.6 is 11.6 Å². The first-order chi connectivity index (χ1) is 6.89. The molecular formula is C12H15ClN2. The molecule has 0 spiro atoms. The van der Waals surface area contributed by atoms with Crippen LogP contribution in [-0.2, 0) is 12.5 Å². The summed E-state index contributed by atoms with van der Waals surface area (Å²) in [5.74, 6) is 1.08. The molecule has 0 aliphatic carbocycles. The van der Waals surface area contributed by atoms with E-state index in [1.165, 1.54) is 0 Å². The zero-order valence-electron chi connectivity index (χ0n) is 9.50. The topological polar surface area (TPSA) is 17.8 Å².